The summed E-state index contributed by atoms with van der Waals surface area (Å²) >= 11 is 0. The Kier molecular flexibility index (Phi) is 5.44. The average molecular weight is 407 g/mol. The quantitative estimate of drug-likeness (QED) is 0.559. The van der Waals surface area contributed by atoms with Crippen LogP contribution in [0.3, 0.4) is 0 Å². The van der Waals surface area contributed by atoms with Crippen molar-refractivity contribution in [1.82, 2.24) is 15.0 Å². The van der Waals surface area contributed by atoms with Gasteiger partial charge in [0.2, 0.25) is 0 Å². The minimum Gasteiger partial charge on any atom is -0.486 e. The Bertz CT molecular complexity index is 1090. The predicted molar refractivity (Wildman–Crippen MR) is 109 cm³/mol. The van der Waals surface area contributed by atoms with E-state index in [1.54, 1.807) is 32.3 Å². The lowest BCUT2D eigenvalue weighted by Crippen LogP contribution is -2.22. The Morgan fingerprint density at radius 1 is 1.17 bits per heavy atom. The summed E-state index contributed by atoms with van der Waals surface area (Å²) in [5.74, 6) is -0.334. The van der Waals surface area contributed by atoms with E-state index >= 15 is 0 Å². The molecule has 0 unspecified atom stereocenters. The van der Waals surface area contributed by atoms with E-state index in [2.05, 4.69) is 10.3 Å². The van der Waals surface area contributed by atoms with Gasteiger partial charge in [-0.15, -0.1) is 5.10 Å². The van der Waals surface area contributed by atoms with Crippen LogP contribution in [0, 0.1) is 0 Å². The van der Waals surface area contributed by atoms with Crippen molar-refractivity contribution in [2.45, 2.75) is 31.8 Å². The van der Waals surface area contributed by atoms with Crippen molar-refractivity contribution in [3.63, 3.8) is 0 Å². The van der Waals surface area contributed by atoms with Crippen LogP contribution in [0.1, 0.15) is 56.8 Å². The van der Waals surface area contributed by atoms with Gasteiger partial charge in [0, 0.05) is 30.8 Å². The first kappa shape index (κ1) is 19.9. The fourth-order valence-electron chi connectivity index (χ4n) is 3.91. The molecule has 0 saturated heterocycles. The first-order valence-electron chi connectivity index (χ1n) is 9.89. The van der Waals surface area contributed by atoms with Crippen molar-refractivity contribution >= 4 is 11.6 Å². The van der Waals surface area contributed by atoms with Gasteiger partial charge in [-0.1, -0.05) is 42.5 Å². The third-order valence-corrected chi connectivity index (χ3v) is 5.34. The number of benzene rings is 2. The summed E-state index contributed by atoms with van der Waals surface area (Å²) in [6, 6.07) is 12.7. The van der Waals surface area contributed by atoms with Gasteiger partial charge in [0.25, 0.3) is 0 Å². The number of ether oxygens (including phenoxy) is 1. The molecule has 2 aromatic carbocycles. The van der Waals surface area contributed by atoms with Gasteiger partial charge in [0.05, 0.1) is 23.6 Å². The molecule has 2 heterocycles. The number of hydrogen-bond donors (Lipinski definition) is 0. The van der Waals surface area contributed by atoms with Gasteiger partial charge in [-0.25, -0.2) is 4.39 Å². The maximum absolute atomic E-state index is 13.9. The summed E-state index contributed by atoms with van der Waals surface area (Å²) in [5.41, 5.74) is 2.82. The molecule has 0 radical (unpaired) electrons. The molecular weight excluding hydrogens is 385 g/mol. The van der Waals surface area contributed by atoms with Crippen LogP contribution in [0.25, 0.3) is 0 Å². The van der Waals surface area contributed by atoms with Crippen LogP contribution in [-0.4, -0.2) is 39.3 Å². The van der Waals surface area contributed by atoms with Gasteiger partial charge in [0.15, 0.2) is 11.6 Å². The van der Waals surface area contributed by atoms with Gasteiger partial charge in [-0.3, -0.25) is 14.3 Å². The molecule has 0 aliphatic carbocycles. The Hall–Kier alpha value is -3.35. The van der Waals surface area contributed by atoms with Gasteiger partial charge in [0.1, 0.15) is 18.5 Å². The summed E-state index contributed by atoms with van der Waals surface area (Å²) in [5, 5.41) is 7.82. The van der Waals surface area contributed by atoms with Crippen LogP contribution in [-0.2, 0) is 13.5 Å². The minimum absolute atomic E-state index is 0.0653. The van der Waals surface area contributed by atoms with Crippen LogP contribution in [0.4, 0.5) is 4.39 Å². The maximum atomic E-state index is 13.9. The van der Waals surface area contributed by atoms with Gasteiger partial charge >= 0.3 is 0 Å². The normalized spacial score (nSPS) is 17.4. The van der Waals surface area contributed by atoms with E-state index < -0.39 is 12.8 Å². The molecule has 0 fully saturated rings. The molecule has 0 saturated carbocycles. The zero-order valence-electron chi connectivity index (χ0n) is 16.8. The second-order valence-electron chi connectivity index (χ2n) is 7.40. The first-order chi connectivity index (χ1) is 14.5. The third kappa shape index (κ3) is 3.63. The first-order valence-corrected chi connectivity index (χ1v) is 9.89. The van der Waals surface area contributed by atoms with Crippen molar-refractivity contribution in [2.24, 2.45) is 7.05 Å². The Morgan fingerprint density at radius 2 is 1.93 bits per heavy atom. The number of fused-ring (bicyclic) bond motifs is 1. The summed E-state index contributed by atoms with van der Waals surface area (Å²) in [7, 11) is 1.73. The summed E-state index contributed by atoms with van der Waals surface area (Å²) < 4.78 is 21.3. The number of aryl methyl sites for hydroxylation is 1. The molecule has 0 N–H and O–H groups in total. The lowest BCUT2D eigenvalue weighted by atomic mass is 9.85. The minimum atomic E-state index is -0.740. The molecule has 4 rings (SSSR count). The summed E-state index contributed by atoms with van der Waals surface area (Å²) in [6.45, 7) is 1.05. The van der Waals surface area contributed by atoms with Crippen LogP contribution in [0.2, 0.25) is 0 Å². The van der Waals surface area contributed by atoms with E-state index in [1.165, 1.54) is 4.68 Å². The molecule has 1 aliphatic rings. The number of alkyl halides is 1. The molecule has 30 heavy (non-hydrogen) atoms. The molecular formula is C23H22FN3O3. The average Bonchev–Trinajstić information content (AvgIpc) is 3.35. The number of carbonyl (C=O) groups excluding carboxylic acids is 2. The van der Waals surface area contributed by atoms with E-state index in [1.807, 2.05) is 30.3 Å². The fraction of sp³-hybridized carbons (Fsp3) is 0.304. The molecule has 1 aliphatic heterocycles. The molecule has 3 aromatic rings. The van der Waals surface area contributed by atoms with Gasteiger partial charge in [-0.05, 0) is 17.7 Å². The summed E-state index contributed by atoms with van der Waals surface area (Å²) in [4.78, 5) is 25.6. The van der Waals surface area contributed by atoms with Crippen molar-refractivity contribution in [3.05, 3.63) is 76.6 Å². The molecule has 154 valence electrons. The molecule has 7 heteroatoms. The van der Waals surface area contributed by atoms with E-state index in [0.29, 0.717) is 28.1 Å². The molecule has 0 amide bonds. The number of Topliss-reactive ketones (excluding diaryl/α,β-unsaturated/α-hetero) is 2. The number of aromatic nitrogens is 3. The monoisotopic (exact) mass is 407 g/mol. The number of ketones is 2. The highest BCUT2D eigenvalue weighted by molar-refractivity contribution is 6.04. The van der Waals surface area contributed by atoms with Crippen molar-refractivity contribution in [2.75, 3.05) is 6.67 Å². The molecule has 0 bridgehead atoms. The third-order valence-electron chi connectivity index (χ3n) is 5.34. The molecule has 0 spiro atoms. The van der Waals surface area contributed by atoms with Crippen LogP contribution in [0.5, 0.6) is 5.75 Å². The predicted octanol–water partition coefficient (Wildman–Crippen LogP) is 3.70. The number of rotatable bonds is 7. The Balaban J connectivity index is 1.81. The van der Waals surface area contributed by atoms with E-state index in [9.17, 15) is 14.0 Å². The highest BCUT2D eigenvalue weighted by atomic mass is 19.1. The van der Waals surface area contributed by atoms with E-state index in [4.69, 9.17) is 4.74 Å². The molecule has 2 atom stereocenters. The highest BCUT2D eigenvalue weighted by Gasteiger charge is 2.38. The lowest BCUT2D eigenvalue weighted by Gasteiger charge is -2.16. The number of nitrogens with zero attached hydrogens (tertiary/aromatic N) is 3. The standard InChI is InChI=1S/C23H22FN3O3/c1-3-19(28)17-9-15(20(29)11-16-13-27(2)26-25-16)10-18-22(14-7-5-4-6-8-14)21(12-24)30-23(17)18/h4-10,13,21-22H,3,11-12H2,1-2H3/t21-,22+/m1/s1. The zero-order valence-corrected chi connectivity index (χ0v) is 16.8. The number of hydrogen-bond acceptors (Lipinski definition) is 5. The SMILES string of the molecule is CCC(=O)c1cc(C(=O)Cc2cn(C)nn2)cc2c1O[C@H](CF)[C@H]2c1ccccc1. The largest absolute Gasteiger partial charge is 0.486 e. The van der Waals surface area contributed by atoms with Crippen LogP contribution in [0.15, 0.2) is 48.7 Å². The zero-order chi connectivity index (χ0) is 21.3. The van der Waals surface area contributed by atoms with E-state index in [0.717, 1.165) is 5.56 Å². The van der Waals surface area contributed by atoms with Crippen molar-refractivity contribution in [1.29, 1.82) is 0 Å². The Labute approximate surface area is 173 Å². The highest BCUT2D eigenvalue weighted by Crippen LogP contribution is 2.45. The van der Waals surface area contributed by atoms with Gasteiger partial charge in [-0.2, -0.15) is 0 Å². The molecule has 1 aromatic heterocycles. The number of halogens is 1. The number of carbonyl (C=O) groups is 2. The second kappa shape index (κ2) is 8.18. The Morgan fingerprint density at radius 3 is 2.57 bits per heavy atom. The van der Waals surface area contributed by atoms with Crippen LogP contribution >= 0.6 is 0 Å². The lowest BCUT2D eigenvalue weighted by molar-refractivity contribution is 0.0980. The van der Waals surface area contributed by atoms with Crippen LogP contribution < -0.4 is 4.74 Å². The maximum Gasteiger partial charge on any atom is 0.168 e. The smallest absolute Gasteiger partial charge is 0.168 e. The second-order valence-corrected chi connectivity index (χ2v) is 7.40. The van der Waals surface area contributed by atoms with E-state index in [-0.39, 0.29) is 30.3 Å². The van der Waals surface area contributed by atoms with Crippen molar-refractivity contribution < 1.29 is 18.7 Å². The summed E-state index contributed by atoms with van der Waals surface area (Å²) in [6.07, 6.45) is 1.26. The molecule has 6 nitrogen and oxygen atoms in total. The van der Waals surface area contributed by atoms with Gasteiger partial charge < -0.3 is 4.74 Å². The topological polar surface area (TPSA) is 74.1 Å². The fourth-order valence-corrected chi connectivity index (χ4v) is 3.91. The van der Waals surface area contributed by atoms with Crippen molar-refractivity contribution in [3.8, 4) is 5.75 Å².